The highest BCUT2D eigenvalue weighted by Gasteiger charge is 2.32. The molecule has 0 spiro atoms. The number of hydrogen-bond donors (Lipinski definition) is 0. The Kier molecular flexibility index (Phi) is 6.11. The zero-order valence-corrected chi connectivity index (χ0v) is 18.4. The summed E-state index contributed by atoms with van der Waals surface area (Å²) in [4.78, 5) is 27.4. The van der Waals surface area contributed by atoms with Crippen LogP contribution in [0.5, 0.6) is 5.75 Å². The van der Waals surface area contributed by atoms with Gasteiger partial charge in [-0.15, -0.1) is 0 Å². The lowest BCUT2D eigenvalue weighted by atomic mass is 9.92. The molecule has 1 aliphatic rings. The quantitative estimate of drug-likeness (QED) is 0.319. The van der Waals surface area contributed by atoms with E-state index in [1.165, 1.54) is 4.90 Å². The normalized spacial score (nSPS) is 14.1. The average molecular weight is 442 g/mol. The van der Waals surface area contributed by atoms with Crippen LogP contribution >= 0.6 is 11.6 Å². The van der Waals surface area contributed by atoms with E-state index in [9.17, 15) is 9.59 Å². The second-order valence-electron chi connectivity index (χ2n) is 7.36. The van der Waals surface area contributed by atoms with Gasteiger partial charge in [-0.25, -0.2) is 0 Å². The molecule has 32 heavy (non-hydrogen) atoms. The SMILES string of the molecule is COc1ccc(CC#Cc2ccc3c(c2)C(=O)/C(=C/c2ccc(Cl)cc2)C(=O)N3C)cc1. The molecule has 0 bridgehead atoms. The number of fused-ring (bicyclic) bond motifs is 1. The molecule has 0 aromatic heterocycles. The van der Waals surface area contributed by atoms with Crippen molar-refractivity contribution in [3.8, 4) is 17.6 Å². The number of benzene rings is 3. The summed E-state index contributed by atoms with van der Waals surface area (Å²) in [6, 6.07) is 20.1. The molecule has 0 saturated carbocycles. The summed E-state index contributed by atoms with van der Waals surface area (Å²) >= 11 is 5.93. The Balaban J connectivity index is 1.61. The topological polar surface area (TPSA) is 46.6 Å². The number of anilines is 1. The van der Waals surface area contributed by atoms with Crippen LogP contribution in [-0.4, -0.2) is 25.8 Å². The maximum Gasteiger partial charge on any atom is 0.262 e. The van der Waals surface area contributed by atoms with Crippen LogP contribution in [-0.2, 0) is 11.2 Å². The van der Waals surface area contributed by atoms with E-state index in [-0.39, 0.29) is 17.3 Å². The van der Waals surface area contributed by atoms with Crippen molar-refractivity contribution in [1.29, 1.82) is 0 Å². The number of amides is 1. The number of likely N-dealkylation sites (N-methyl/N-ethyl adjacent to an activating group) is 1. The Morgan fingerprint density at radius 1 is 1.00 bits per heavy atom. The molecule has 0 fully saturated rings. The van der Waals surface area contributed by atoms with Crippen LogP contribution in [0.3, 0.4) is 0 Å². The monoisotopic (exact) mass is 441 g/mol. The molecule has 0 saturated heterocycles. The van der Waals surface area contributed by atoms with Crippen LogP contribution in [0.15, 0.2) is 72.3 Å². The number of carbonyl (C=O) groups excluding carboxylic acids is 2. The lowest BCUT2D eigenvalue weighted by Crippen LogP contribution is -2.36. The van der Waals surface area contributed by atoms with Gasteiger partial charge in [-0.1, -0.05) is 47.7 Å². The first-order valence-electron chi connectivity index (χ1n) is 10.0. The van der Waals surface area contributed by atoms with Gasteiger partial charge in [0.1, 0.15) is 5.75 Å². The first-order chi connectivity index (χ1) is 15.5. The summed E-state index contributed by atoms with van der Waals surface area (Å²) in [5.41, 5.74) is 3.69. The molecular formula is C27H20ClNO3. The van der Waals surface area contributed by atoms with Crippen molar-refractivity contribution in [2.75, 3.05) is 19.1 Å². The molecule has 3 aromatic carbocycles. The highest BCUT2D eigenvalue weighted by Crippen LogP contribution is 2.31. The van der Waals surface area contributed by atoms with E-state index >= 15 is 0 Å². The Morgan fingerprint density at radius 2 is 1.72 bits per heavy atom. The fourth-order valence-electron chi connectivity index (χ4n) is 3.47. The summed E-state index contributed by atoms with van der Waals surface area (Å²) in [6.07, 6.45) is 2.18. The lowest BCUT2D eigenvalue weighted by molar-refractivity contribution is -0.114. The van der Waals surface area contributed by atoms with E-state index in [0.29, 0.717) is 22.7 Å². The molecule has 5 heteroatoms. The van der Waals surface area contributed by atoms with E-state index < -0.39 is 0 Å². The van der Waals surface area contributed by atoms with Crippen LogP contribution in [0.4, 0.5) is 5.69 Å². The molecule has 0 N–H and O–H groups in total. The van der Waals surface area contributed by atoms with Crippen LogP contribution in [0, 0.1) is 11.8 Å². The van der Waals surface area contributed by atoms with Crippen LogP contribution < -0.4 is 9.64 Å². The van der Waals surface area contributed by atoms with Gasteiger partial charge >= 0.3 is 0 Å². The molecule has 1 aliphatic heterocycles. The Hall–Kier alpha value is -3.81. The molecular weight excluding hydrogens is 422 g/mol. The van der Waals surface area contributed by atoms with Gasteiger partial charge in [0.2, 0.25) is 5.78 Å². The minimum absolute atomic E-state index is 0.116. The van der Waals surface area contributed by atoms with Crippen LogP contribution in [0.25, 0.3) is 6.08 Å². The van der Waals surface area contributed by atoms with Gasteiger partial charge in [0.25, 0.3) is 5.91 Å². The number of ether oxygens (including phenoxy) is 1. The predicted octanol–water partition coefficient (Wildman–Crippen LogP) is 5.19. The maximum atomic E-state index is 13.2. The van der Waals surface area contributed by atoms with Crippen molar-refractivity contribution in [1.82, 2.24) is 0 Å². The molecule has 158 valence electrons. The van der Waals surface area contributed by atoms with Crippen molar-refractivity contribution in [3.05, 3.63) is 99.6 Å². The van der Waals surface area contributed by atoms with E-state index in [1.54, 1.807) is 56.6 Å². The average Bonchev–Trinajstić information content (AvgIpc) is 2.82. The molecule has 1 amide bonds. The number of ketones is 1. The second-order valence-corrected chi connectivity index (χ2v) is 7.80. The fourth-order valence-corrected chi connectivity index (χ4v) is 3.59. The van der Waals surface area contributed by atoms with Crippen molar-refractivity contribution < 1.29 is 14.3 Å². The zero-order valence-electron chi connectivity index (χ0n) is 17.7. The van der Waals surface area contributed by atoms with Crippen LogP contribution in [0.1, 0.15) is 27.0 Å². The Bertz CT molecular complexity index is 1280. The van der Waals surface area contributed by atoms with Gasteiger partial charge in [0, 0.05) is 29.6 Å². The third kappa shape index (κ3) is 4.44. The van der Waals surface area contributed by atoms with Gasteiger partial charge in [0.15, 0.2) is 0 Å². The Morgan fingerprint density at radius 3 is 2.41 bits per heavy atom. The second kappa shape index (κ2) is 9.13. The van der Waals surface area contributed by atoms with E-state index in [1.807, 2.05) is 30.3 Å². The van der Waals surface area contributed by atoms with Gasteiger partial charge in [-0.05, 0) is 59.7 Å². The first-order valence-corrected chi connectivity index (χ1v) is 10.4. The van der Waals surface area contributed by atoms with E-state index in [2.05, 4.69) is 11.8 Å². The largest absolute Gasteiger partial charge is 0.497 e. The molecule has 4 rings (SSSR count). The highest BCUT2D eigenvalue weighted by molar-refractivity contribution is 6.36. The zero-order chi connectivity index (χ0) is 22.7. The number of carbonyl (C=O) groups is 2. The van der Waals surface area contributed by atoms with Gasteiger partial charge in [0.05, 0.1) is 18.4 Å². The van der Waals surface area contributed by atoms with Crippen molar-refractivity contribution in [3.63, 3.8) is 0 Å². The minimum atomic E-state index is -0.337. The lowest BCUT2D eigenvalue weighted by Gasteiger charge is -2.26. The van der Waals surface area contributed by atoms with Gasteiger partial charge in [-0.2, -0.15) is 0 Å². The van der Waals surface area contributed by atoms with Gasteiger partial charge in [-0.3, -0.25) is 9.59 Å². The summed E-state index contributed by atoms with van der Waals surface area (Å²) < 4.78 is 5.17. The van der Waals surface area contributed by atoms with Gasteiger partial charge < -0.3 is 9.64 Å². The fraction of sp³-hybridized carbons (Fsp3) is 0.111. The molecule has 0 atom stereocenters. The summed E-state index contributed by atoms with van der Waals surface area (Å²) in [5, 5.41) is 0.591. The third-order valence-corrected chi connectivity index (χ3v) is 5.50. The van der Waals surface area contributed by atoms with Crippen molar-refractivity contribution in [2.24, 2.45) is 0 Å². The first kappa shape index (κ1) is 21.4. The summed E-state index contributed by atoms with van der Waals surface area (Å²) in [6.45, 7) is 0. The summed E-state index contributed by atoms with van der Waals surface area (Å²) in [7, 11) is 3.30. The molecule has 1 heterocycles. The molecule has 0 radical (unpaired) electrons. The van der Waals surface area contributed by atoms with E-state index in [0.717, 1.165) is 22.4 Å². The molecule has 3 aromatic rings. The molecule has 0 aliphatic carbocycles. The standard InChI is InChI=1S/C27H20ClNO3/c1-29-25-15-10-19(5-3-4-18-8-13-22(32-2)14-9-18)16-23(25)26(30)24(27(29)31)17-20-6-11-21(28)12-7-20/h6-17H,4H2,1-2H3/b24-17-. The summed E-state index contributed by atoms with van der Waals surface area (Å²) in [5.74, 6) is 6.42. The molecule has 0 unspecified atom stereocenters. The van der Waals surface area contributed by atoms with Crippen molar-refractivity contribution in [2.45, 2.75) is 6.42 Å². The van der Waals surface area contributed by atoms with E-state index in [4.69, 9.17) is 16.3 Å². The maximum absolute atomic E-state index is 13.2. The smallest absolute Gasteiger partial charge is 0.262 e. The number of rotatable bonds is 3. The number of Topliss-reactive ketones (excluding diaryl/α,β-unsaturated/α-hetero) is 1. The number of methoxy groups -OCH3 is 1. The Labute approximate surface area is 192 Å². The highest BCUT2D eigenvalue weighted by atomic mass is 35.5. The van der Waals surface area contributed by atoms with Crippen molar-refractivity contribution >= 4 is 35.1 Å². The third-order valence-electron chi connectivity index (χ3n) is 5.25. The molecule has 4 nitrogen and oxygen atoms in total. The number of hydrogen-bond acceptors (Lipinski definition) is 3. The number of nitrogens with zero attached hydrogens (tertiary/aromatic N) is 1. The minimum Gasteiger partial charge on any atom is -0.497 e. The predicted molar refractivity (Wildman–Crippen MR) is 127 cm³/mol. The number of halogens is 1. The van der Waals surface area contributed by atoms with Crippen LogP contribution in [0.2, 0.25) is 5.02 Å².